The van der Waals surface area contributed by atoms with Crippen LogP contribution >= 0.6 is 0 Å². The van der Waals surface area contributed by atoms with Gasteiger partial charge in [-0.25, -0.2) is 10.3 Å². The Balaban J connectivity index is 1.79. The first-order valence-electron chi connectivity index (χ1n) is 5.32. The molecule has 1 aliphatic heterocycles. The van der Waals surface area contributed by atoms with Crippen molar-refractivity contribution in [2.45, 2.75) is 25.6 Å². The summed E-state index contributed by atoms with van der Waals surface area (Å²) < 4.78 is 6.87. The summed E-state index contributed by atoms with van der Waals surface area (Å²) in [5.41, 5.74) is 2.84. The molecule has 2 heterocycles. The maximum absolute atomic E-state index is 11.6. The maximum Gasteiger partial charge on any atom is 0.278 e. The third-order valence-corrected chi connectivity index (χ3v) is 2.39. The van der Waals surface area contributed by atoms with E-state index in [0.29, 0.717) is 12.2 Å². The molecule has 0 bridgehead atoms. The van der Waals surface area contributed by atoms with E-state index in [2.05, 4.69) is 10.6 Å². The highest BCUT2D eigenvalue weighted by Gasteiger charge is 2.16. The number of hydrogen-bond donors (Lipinski definition) is 1. The Morgan fingerprint density at radius 3 is 3.19 bits per heavy atom. The first-order valence-corrected chi connectivity index (χ1v) is 5.32. The van der Waals surface area contributed by atoms with Gasteiger partial charge in [-0.1, -0.05) is 0 Å². The lowest BCUT2D eigenvalue weighted by molar-refractivity contribution is -0.186. The molecule has 2 rings (SSSR count). The van der Waals surface area contributed by atoms with E-state index < -0.39 is 0 Å². The van der Waals surface area contributed by atoms with Crippen LogP contribution in [0.3, 0.4) is 0 Å². The molecule has 1 aromatic heterocycles. The Bertz CT molecular complexity index is 358. The van der Waals surface area contributed by atoms with Crippen LogP contribution in [-0.4, -0.2) is 28.6 Å². The Hall–Kier alpha value is -1.40. The van der Waals surface area contributed by atoms with Gasteiger partial charge in [0.05, 0.1) is 11.8 Å². The van der Waals surface area contributed by atoms with Gasteiger partial charge in [0, 0.05) is 26.3 Å². The van der Waals surface area contributed by atoms with E-state index in [0.717, 1.165) is 19.3 Å². The van der Waals surface area contributed by atoms with E-state index in [1.54, 1.807) is 17.9 Å². The van der Waals surface area contributed by atoms with Gasteiger partial charge in [-0.05, 0) is 12.8 Å². The average molecular weight is 225 g/mol. The molecule has 0 unspecified atom stereocenters. The fourth-order valence-corrected chi connectivity index (χ4v) is 1.52. The highest BCUT2D eigenvalue weighted by atomic mass is 16.8. The Morgan fingerprint density at radius 1 is 1.69 bits per heavy atom. The van der Waals surface area contributed by atoms with Crippen molar-refractivity contribution in [3.8, 4) is 0 Å². The molecule has 1 fully saturated rings. The predicted molar refractivity (Wildman–Crippen MR) is 55.4 cm³/mol. The molecule has 1 atom stereocenters. The van der Waals surface area contributed by atoms with Crippen LogP contribution in [0, 0.1) is 0 Å². The molecule has 1 aromatic rings. The number of hydrogen-bond acceptors (Lipinski definition) is 4. The van der Waals surface area contributed by atoms with Gasteiger partial charge in [-0.3, -0.25) is 9.48 Å². The fraction of sp³-hybridized carbons (Fsp3) is 0.600. The number of aromatic nitrogens is 2. The molecule has 6 nitrogen and oxygen atoms in total. The summed E-state index contributed by atoms with van der Waals surface area (Å²) >= 11 is 0. The number of carbonyl (C=O) groups excluding carboxylic acids is 1. The van der Waals surface area contributed by atoms with E-state index in [9.17, 15) is 4.79 Å². The molecule has 6 heteroatoms. The van der Waals surface area contributed by atoms with Crippen molar-refractivity contribution in [3.63, 3.8) is 0 Å². The zero-order valence-corrected chi connectivity index (χ0v) is 9.18. The molecule has 0 spiro atoms. The van der Waals surface area contributed by atoms with E-state index in [1.807, 2.05) is 0 Å². The van der Waals surface area contributed by atoms with Crippen molar-refractivity contribution >= 4 is 5.91 Å². The van der Waals surface area contributed by atoms with E-state index in [-0.39, 0.29) is 12.2 Å². The van der Waals surface area contributed by atoms with Gasteiger partial charge < -0.3 is 4.74 Å². The lowest BCUT2D eigenvalue weighted by Gasteiger charge is -2.21. The number of hydroxylamine groups is 1. The minimum Gasteiger partial charge on any atom is -0.350 e. The number of carbonyl (C=O) groups is 1. The zero-order valence-electron chi connectivity index (χ0n) is 9.18. The Morgan fingerprint density at radius 2 is 2.56 bits per heavy atom. The molecule has 0 saturated carbocycles. The Labute approximate surface area is 93.5 Å². The van der Waals surface area contributed by atoms with Gasteiger partial charge in [0.15, 0.2) is 6.29 Å². The average Bonchev–Trinajstić information content (AvgIpc) is 2.74. The van der Waals surface area contributed by atoms with Gasteiger partial charge in [0.2, 0.25) is 0 Å². The second-order valence-corrected chi connectivity index (χ2v) is 3.75. The van der Waals surface area contributed by atoms with E-state index in [4.69, 9.17) is 9.57 Å². The quantitative estimate of drug-likeness (QED) is 0.765. The van der Waals surface area contributed by atoms with Crippen molar-refractivity contribution in [2.75, 3.05) is 6.61 Å². The topological polar surface area (TPSA) is 65.4 Å². The first kappa shape index (κ1) is 11.1. The molecule has 1 saturated heterocycles. The van der Waals surface area contributed by atoms with Crippen molar-refractivity contribution < 1.29 is 14.4 Å². The summed E-state index contributed by atoms with van der Waals surface area (Å²) in [5.74, 6) is -0.303. The monoisotopic (exact) mass is 225 g/mol. The molecular formula is C10H15N3O3. The molecule has 1 N–H and O–H groups in total. The second-order valence-electron chi connectivity index (χ2n) is 3.75. The molecule has 1 amide bonds. The molecular weight excluding hydrogens is 210 g/mol. The molecule has 1 aliphatic rings. The summed E-state index contributed by atoms with van der Waals surface area (Å²) in [6, 6.07) is 0. The summed E-state index contributed by atoms with van der Waals surface area (Å²) in [6.45, 7) is 0.688. The van der Waals surface area contributed by atoms with E-state index >= 15 is 0 Å². The summed E-state index contributed by atoms with van der Waals surface area (Å²) in [7, 11) is 1.75. The lowest BCUT2D eigenvalue weighted by Crippen LogP contribution is -2.32. The summed E-state index contributed by atoms with van der Waals surface area (Å²) in [4.78, 5) is 16.7. The van der Waals surface area contributed by atoms with Crippen LogP contribution in [0.4, 0.5) is 0 Å². The van der Waals surface area contributed by atoms with Gasteiger partial charge in [0.25, 0.3) is 5.91 Å². The van der Waals surface area contributed by atoms with Gasteiger partial charge in [0.1, 0.15) is 0 Å². The number of rotatable bonds is 3. The SMILES string of the molecule is Cn1cc(C(=O)NO[C@H]2CCCCO2)cn1. The molecule has 0 radical (unpaired) electrons. The number of nitrogens with one attached hydrogen (secondary N) is 1. The summed E-state index contributed by atoms with van der Waals surface area (Å²) in [5, 5.41) is 3.90. The number of nitrogens with zero attached hydrogens (tertiary/aromatic N) is 2. The van der Waals surface area contributed by atoms with E-state index in [1.165, 1.54) is 6.20 Å². The van der Waals surface area contributed by atoms with Gasteiger partial charge in [-0.15, -0.1) is 0 Å². The van der Waals surface area contributed by atoms with Crippen LogP contribution in [0.2, 0.25) is 0 Å². The predicted octanol–water partition coefficient (Wildman–Crippen LogP) is 0.608. The molecule has 88 valence electrons. The normalized spacial score (nSPS) is 20.7. The number of aryl methyl sites for hydroxylation is 1. The van der Waals surface area contributed by atoms with Crippen LogP contribution in [0.1, 0.15) is 29.6 Å². The Kier molecular flexibility index (Phi) is 3.53. The highest BCUT2D eigenvalue weighted by Crippen LogP contribution is 2.12. The minimum absolute atomic E-state index is 0.303. The van der Waals surface area contributed by atoms with Crippen molar-refractivity contribution in [3.05, 3.63) is 18.0 Å². The third-order valence-electron chi connectivity index (χ3n) is 2.39. The molecule has 16 heavy (non-hydrogen) atoms. The van der Waals surface area contributed by atoms with Crippen molar-refractivity contribution in [1.82, 2.24) is 15.3 Å². The van der Waals surface area contributed by atoms with Crippen LogP contribution in [-0.2, 0) is 16.6 Å². The van der Waals surface area contributed by atoms with Crippen molar-refractivity contribution in [2.24, 2.45) is 7.05 Å². The number of amides is 1. The van der Waals surface area contributed by atoms with Gasteiger partial charge >= 0.3 is 0 Å². The third kappa shape index (κ3) is 2.80. The number of ether oxygens (including phenoxy) is 1. The van der Waals surface area contributed by atoms with Gasteiger partial charge in [-0.2, -0.15) is 5.10 Å². The lowest BCUT2D eigenvalue weighted by atomic mass is 10.2. The standard InChI is InChI=1S/C10H15N3O3/c1-13-7-8(6-11-13)10(14)12-16-9-4-2-3-5-15-9/h6-7,9H,2-5H2,1H3,(H,12,14)/t9-/m0/s1. The van der Waals surface area contributed by atoms with Crippen LogP contribution in [0.5, 0.6) is 0 Å². The fourth-order valence-electron chi connectivity index (χ4n) is 1.52. The second kappa shape index (κ2) is 5.09. The highest BCUT2D eigenvalue weighted by molar-refractivity contribution is 5.92. The smallest absolute Gasteiger partial charge is 0.278 e. The van der Waals surface area contributed by atoms with Crippen LogP contribution in [0.15, 0.2) is 12.4 Å². The van der Waals surface area contributed by atoms with Crippen LogP contribution in [0.25, 0.3) is 0 Å². The maximum atomic E-state index is 11.6. The largest absolute Gasteiger partial charge is 0.350 e. The molecule has 0 aliphatic carbocycles. The zero-order chi connectivity index (χ0) is 11.4. The van der Waals surface area contributed by atoms with Crippen molar-refractivity contribution in [1.29, 1.82) is 0 Å². The summed E-state index contributed by atoms with van der Waals surface area (Å²) in [6.07, 6.45) is 5.72. The van der Waals surface area contributed by atoms with Crippen LogP contribution < -0.4 is 5.48 Å². The minimum atomic E-state index is -0.325. The molecule has 0 aromatic carbocycles. The first-order chi connectivity index (χ1) is 7.75.